The van der Waals surface area contributed by atoms with Crippen molar-refractivity contribution in [2.45, 2.75) is 46.1 Å². The smallest absolute Gasteiger partial charge is 0.333 e. The first-order valence-corrected chi connectivity index (χ1v) is 20.5. The lowest BCUT2D eigenvalue weighted by Crippen LogP contribution is -2.34. The van der Waals surface area contributed by atoms with Crippen molar-refractivity contribution in [1.29, 1.82) is 0 Å². The number of urea groups is 2. The summed E-state index contributed by atoms with van der Waals surface area (Å²) < 4.78 is 26.4. The fourth-order valence-corrected chi connectivity index (χ4v) is 8.69. The Morgan fingerprint density at radius 3 is 1.50 bits per heavy atom. The molecule has 2 aliphatic rings. The molecule has 0 bridgehead atoms. The van der Waals surface area contributed by atoms with Crippen LogP contribution in [0.15, 0.2) is 109 Å². The van der Waals surface area contributed by atoms with Crippen molar-refractivity contribution in [2.24, 2.45) is 0 Å². The highest BCUT2D eigenvalue weighted by atomic mass is 32.1. The van der Waals surface area contributed by atoms with Gasteiger partial charge in [-0.3, -0.25) is 24.3 Å². The van der Waals surface area contributed by atoms with Crippen molar-refractivity contribution in [1.82, 2.24) is 20.6 Å². The van der Waals surface area contributed by atoms with E-state index in [4.69, 9.17) is 0 Å². The van der Waals surface area contributed by atoms with Crippen LogP contribution in [0.5, 0.6) is 0 Å². The summed E-state index contributed by atoms with van der Waals surface area (Å²) in [5.74, 6) is -1.27. The number of rotatable bonds is 10. The molecule has 3 N–H and O–H groups in total. The van der Waals surface area contributed by atoms with E-state index >= 15 is 0 Å². The van der Waals surface area contributed by atoms with Gasteiger partial charge in [0.15, 0.2) is 16.5 Å². The second-order valence-corrected chi connectivity index (χ2v) is 15.9. The van der Waals surface area contributed by atoms with Crippen molar-refractivity contribution in [3.8, 4) is 0 Å². The SMILES string of the molecule is Cc1nc(N2C(=O)N(c3ccc(F)cc3)CC2C)sc1C(=O)NCc1ccccc1.Cc1nc(N2C(=O)N(c3ccc(F)cc3)CC2O)sc1C(=O)NCc1ccccc1. The zero-order chi connectivity index (χ0) is 42.5. The molecule has 6 amide bonds. The topological polar surface area (TPSA) is 151 Å². The number of hydrogen-bond donors (Lipinski definition) is 3. The van der Waals surface area contributed by atoms with Crippen molar-refractivity contribution in [3.05, 3.63) is 153 Å². The van der Waals surface area contributed by atoms with Crippen molar-refractivity contribution in [3.63, 3.8) is 0 Å². The van der Waals surface area contributed by atoms with Crippen molar-refractivity contribution >= 4 is 68.2 Å². The van der Waals surface area contributed by atoms with Crippen molar-refractivity contribution in [2.75, 3.05) is 32.7 Å². The van der Waals surface area contributed by atoms with E-state index in [1.54, 1.807) is 35.8 Å². The van der Waals surface area contributed by atoms with Gasteiger partial charge in [0.05, 0.1) is 24.0 Å². The molecule has 308 valence electrons. The number of aliphatic hydroxyl groups is 1. The van der Waals surface area contributed by atoms with Crippen LogP contribution in [-0.4, -0.2) is 64.3 Å². The summed E-state index contributed by atoms with van der Waals surface area (Å²) in [5, 5.41) is 16.9. The van der Waals surface area contributed by atoms with Gasteiger partial charge in [-0.15, -0.1) is 0 Å². The minimum atomic E-state index is -1.13. The van der Waals surface area contributed by atoms with Crippen LogP contribution >= 0.6 is 22.7 Å². The highest BCUT2D eigenvalue weighted by Gasteiger charge is 2.41. The number of hydrogen-bond acceptors (Lipinski definition) is 9. The third kappa shape index (κ3) is 9.17. The number of aryl methyl sites for hydroxylation is 2. The minimum absolute atomic E-state index is 0.0125. The zero-order valence-electron chi connectivity index (χ0n) is 32.7. The monoisotopic (exact) mass is 850 g/mol. The molecule has 6 aromatic rings. The minimum Gasteiger partial charge on any atom is -0.371 e. The highest BCUT2D eigenvalue weighted by Crippen LogP contribution is 2.35. The summed E-state index contributed by atoms with van der Waals surface area (Å²) in [6, 6.07) is 29.6. The number of anilines is 4. The number of carbonyl (C=O) groups is 4. The van der Waals surface area contributed by atoms with Gasteiger partial charge in [-0.2, -0.15) is 0 Å². The number of benzene rings is 4. The van der Waals surface area contributed by atoms with Gasteiger partial charge in [0.25, 0.3) is 11.8 Å². The third-order valence-corrected chi connectivity index (χ3v) is 12.0. The number of aliphatic hydroxyl groups excluding tert-OH is 1. The molecule has 2 saturated heterocycles. The van der Waals surface area contributed by atoms with Crippen LogP contribution in [0.25, 0.3) is 0 Å². The zero-order valence-corrected chi connectivity index (χ0v) is 34.3. The Balaban J connectivity index is 0.000000181. The second kappa shape index (κ2) is 18.1. The van der Waals surface area contributed by atoms with Crippen LogP contribution in [0.4, 0.5) is 40.0 Å². The number of carbonyl (C=O) groups excluding carboxylic acids is 4. The fourth-order valence-electron chi connectivity index (χ4n) is 6.59. The lowest BCUT2D eigenvalue weighted by atomic mass is 10.2. The first kappa shape index (κ1) is 41.6. The number of nitrogens with zero attached hydrogens (tertiary/aromatic N) is 6. The van der Waals surface area contributed by atoms with Crippen LogP contribution in [0.3, 0.4) is 0 Å². The molecule has 0 radical (unpaired) electrons. The molecular weight excluding hydrogens is 811 g/mol. The Morgan fingerprint density at radius 2 is 1.05 bits per heavy atom. The van der Waals surface area contributed by atoms with Crippen LogP contribution < -0.4 is 30.2 Å². The Morgan fingerprint density at radius 1 is 0.650 bits per heavy atom. The van der Waals surface area contributed by atoms with E-state index in [-0.39, 0.29) is 41.4 Å². The fraction of sp³-hybridized carbons (Fsp3) is 0.209. The maximum atomic E-state index is 13.2. The molecule has 2 fully saturated rings. The Bertz CT molecular complexity index is 2310. The molecule has 0 spiro atoms. The molecule has 13 nitrogen and oxygen atoms in total. The molecule has 4 heterocycles. The molecule has 2 aliphatic heterocycles. The van der Waals surface area contributed by atoms with E-state index in [0.717, 1.165) is 27.4 Å². The molecule has 2 unspecified atom stereocenters. The average molecular weight is 851 g/mol. The summed E-state index contributed by atoms with van der Waals surface area (Å²) >= 11 is 2.24. The third-order valence-electron chi connectivity index (χ3n) is 9.67. The number of amides is 6. The normalized spacial score (nSPS) is 16.2. The highest BCUT2D eigenvalue weighted by molar-refractivity contribution is 7.18. The largest absolute Gasteiger partial charge is 0.371 e. The van der Waals surface area contributed by atoms with E-state index in [2.05, 4.69) is 20.6 Å². The molecule has 60 heavy (non-hydrogen) atoms. The first-order chi connectivity index (χ1) is 28.9. The van der Waals surface area contributed by atoms with Crippen LogP contribution in [0, 0.1) is 25.5 Å². The lowest BCUT2D eigenvalue weighted by molar-refractivity contribution is 0.0946. The summed E-state index contributed by atoms with van der Waals surface area (Å²) in [5.41, 5.74) is 4.13. The van der Waals surface area contributed by atoms with Gasteiger partial charge in [-0.25, -0.2) is 33.2 Å². The molecule has 8 rings (SSSR count). The van der Waals surface area contributed by atoms with Gasteiger partial charge < -0.3 is 15.7 Å². The summed E-state index contributed by atoms with van der Waals surface area (Å²) in [6.45, 7) is 6.63. The molecule has 4 aromatic carbocycles. The van der Waals surface area contributed by atoms with Crippen LogP contribution in [0.1, 0.15) is 48.8 Å². The average Bonchev–Trinajstić information content (AvgIpc) is 3.99. The number of aromatic nitrogens is 2. The van der Waals surface area contributed by atoms with Crippen LogP contribution in [-0.2, 0) is 13.1 Å². The van der Waals surface area contributed by atoms with Crippen molar-refractivity contribution < 1.29 is 33.1 Å². The Kier molecular flexibility index (Phi) is 12.6. The number of β-amino-alcohol motifs (C(OH)–C–C–N with tert-alkyl or cyclic N) is 1. The van der Waals surface area contributed by atoms with Gasteiger partial charge in [0, 0.05) is 31.0 Å². The molecule has 2 atom stereocenters. The molecule has 0 saturated carbocycles. The second-order valence-electron chi connectivity index (χ2n) is 14.0. The van der Waals surface area contributed by atoms with Gasteiger partial charge in [0.1, 0.15) is 21.4 Å². The van der Waals surface area contributed by atoms with E-state index < -0.39 is 18.1 Å². The Hall–Kier alpha value is -6.56. The number of thiazole rings is 2. The quantitative estimate of drug-likeness (QED) is 0.128. The predicted octanol–water partition coefficient (Wildman–Crippen LogP) is 7.64. The molecule has 0 aliphatic carbocycles. The van der Waals surface area contributed by atoms with E-state index in [1.807, 2.05) is 67.6 Å². The van der Waals surface area contributed by atoms with Gasteiger partial charge in [0.2, 0.25) is 0 Å². The summed E-state index contributed by atoms with van der Waals surface area (Å²) in [6.07, 6.45) is -1.13. The van der Waals surface area contributed by atoms with Crippen LogP contribution in [0.2, 0.25) is 0 Å². The maximum absolute atomic E-state index is 13.2. The predicted molar refractivity (Wildman–Crippen MR) is 228 cm³/mol. The van der Waals surface area contributed by atoms with Gasteiger partial charge in [-0.05, 0) is 80.4 Å². The molecular formula is C43H40F2N8O5S2. The first-order valence-electron chi connectivity index (χ1n) is 18.9. The van der Waals surface area contributed by atoms with E-state index in [9.17, 15) is 33.1 Å². The summed E-state index contributed by atoms with van der Waals surface area (Å²) in [7, 11) is 0. The lowest BCUT2D eigenvalue weighted by Gasteiger charge is -2.17. The molecule has 17 heteroatoms. The van der Waals surface area contributed by atoms with E-state index in [1.165, 1.54) is 52.6 Å². The summed E-state index contributed by atoms with van der Waals surface area (Å²) in [4.78, 5) is 66.5. The van der Waals surface area contributed by atoms with Gasteiger partial charge >= 0.3 is 12.1 Å². The standard InChI is InChI=1S/C22H21FN4O2S.C21H19FN4O3S/c1-14-13-26(18-10-8-17(23)9-11-18)22(29)27(14)21-25-15(2)19(30-21)20(28)24-12-16-6-4-3-5-7-16;1-13-18(19(28)23-11-14-5-3-2-4-6-14)30-20(24-13)26-17(27)12-25(21(26)29)16-9-7-15(22)8-10-16/h3-11,14H,12-13H2,1-2H3,(H,24,28);2-10,17,27H,11-12H2,1H3,(H,23,28). The Labute approximate surface area is 352 Å². The molecule has 2 aromatic heterocycles. The number of halogens is 2. The maximum Gasteiger partial charge on any atom is 0.333 e. The number of nitrogens with one attached hydrogen (secondary N) is 2. The van der Waals surface area contributed by atoms with E-state index in [0.29, 0.717) is 57.3 Å². The van der Waals surface area contributed by atoms with Gasteiger partial charge in [-0.1, -0.05) is 83.3 Å².